The number of amidine groups is 2. The highest BCUT2D eigenvalue weighted by atomic mass is 32.2. The maximum atomic E-state index is 13.0. The third-order valence-corrected chi connectivity index (χ3v) is 6.01. The Morgan fingerprint density at radius 1 is 1.17 bits per heavy atom. The maximum absolute atomic E-state index is 13.0. The number of thioether (sulfide) groups is 1. The van der Waals surface area contributed by atoms with Gasteiger partial charge in [0.05, 0.1) is 11.4 Å². The van der Waals surface area contributed by atoms with Crippen LogP contribution < -0.4 is 5.32 Å². The first-order chi connectivity index (χ1) is 14.4. The van der Waals surface area contributed by atoms with Crippen LogP contribution >= 0.6 is 11.8 Å². The van der Waals surface area contributed by atoms with E-state index < -0.39 is 6.04 Å². The number of carbonyl (C=O) groups excluding carboxylic acids is 2. The van der Waals surface area contributed by atoms with Crippen LogP contribution in [0.25, 0.3) is 0 Å². The van der Waals surface area contributed by atoms with Crippen molar-refractivity contribution in [2.45, 2.75) is 33.4 Å². The highest BCUT2D eigenvalue weighted by Crippen LogP contribution is 2.34. The Balaban J connectivity index is 1.47. The van der Waals surface area contributed by atoms with E-state index >= 15 is 0 Å². The number of para-hydroxylation sites is 1. The molecule has 0 unspecified atom stereocenters. The van der Waals surface area contributed by atoms with Crippen molar-refractivity contribution in [2.75, 3.05) is 5.75 Å². The fourth-order valence-electron chi connectivity index (χ4n) is 3.39. The van der Waals surface area contributed by atoms with E-state index in [1.165, 1.54) is 17.3 Å². The molecule has 1 N–H and O–H groups in total. The minimum Gasteiger partial charge on any atom is -0.351 e. The summed E-state index contributed by atoms with van der Waals surface area (Å²) in [5.74, 6) is 0.711. The van der Waals surface area contributed by atoms with E-state index in [9.17, 15) is 9.59 Å². The lowest BCUT2D eigenvalue weighted by atomic mass is 10.1. The molecular weight excluding hydrogens is 396 g/mol. The van der Waals surface area contributed by atoms with E-state index in [1.807, 2.05) is 69.3 Å². The van der Waals surface area contributed by atoms with Crippen LogP contribution in [0.3, 0.4) is 0 Å². The molecule has 0 saturated carbocycles. The number of benzene rings is 2. The van der Waals surface area contributed by atoms with Gasteiger partial charge in [-0.1, -0.05) is 67.6 Å². The molecule has 1 atom stereocenters. The van der Waals surface area contributed by atoms with Crippen molar-refractivity contribution in [1.82, 2.24) is 10.2 Å². The van der Waals surface area contributed by atoms with Crippen molar-refractivity contribution in [3.8, 4) is 0 Å². The molecule has 2 amide bonds. The van der Waals surface area contributed by atoms with Gasteiger partial charge >= 0.3 is 0 Å². The standard InChI is InChI=1S/C23H24N4O2S/c1-14(2)20-22(29)27-21(26-20)17-6-4-5-7-18(17)25-23(27)30-13-19(28)24-12-16-10-8-15(3)9-11-16/h4-11,14,20H,12-13H2,1-3H3,(H,24,28)/t20-/m1/s1. The van der Waals surface area contributed by atoms with E-state index in [-0.39, 0.29) is 23.5 Å². The second-order valence-electron chi connectivity index (χ2n) is 7.78. The number of nitrogens with zero attached hydrogens (tertiary/aromatic N) is 3. The summed E-state index contributed by atoms with van der Waals surface area (Å²) in [7, 11) is 0. The molecule has 0 radical (unpaired) electrons. The Bertz CT molecular complexity index is 1040. The third-order valence-electron chi connectivity index (χ3n) is 5.07. The molecule has 30 heavy (non-hydrogen) atoms. The number of rotatable bonds is 5. The summed E-state index contributed by atoms with van der Waals surface area (Å²) in [4.78, 5) is 36.3. The van der Waals surface area contributed by atoms with Crippen LogP contribution in [0, 0.1) is 12.8 Å². The van der Waals surface area contributed by atoms with E-state index in [4.69, 9.17) is 4.99 Å². The monoisotopic (exact) mass is 420 g/mol. The zero-order valence-corrected chi connectivity index (χ0v) is 18.1. The Morgan fingerprint density at radius 3 is 2.63 bits per heavy atom. The van der Waals surface area contributed by atoms with E-state index in [1.54, 1.807) is 4.90 Å². The minimum atomic E-state index is -0.424. The van der Waals surface area contributed by atoms with Gasteiger partial charge in [-0.25, -0.2) is 9.89 Å². The molecule has 7 heteroatoms. The summed E-state index contributed by atoms with van der Waals surface area (Å²) in [6.07, 6.45) is 0. The maximum Gasteiger partial charge on any atom is 0.259 e. The van der Waals surface area contributed by atoms with Gasteiger partial charge in [0.2, 0.25) is 5.91 Å². The molecule has 2 aromatic carbocycles. The van der Waals surface area contributed by atoms with E-state index in [2.05, 4.69) is 10.3 Å². The van der Waals surface area contributed by atoms with Crippen LogP contribution in [0.1, 0.15) is 30.5 Å². The van der Waals surface area contributed by atoms with E-state index in [0.29, 0.717) is 17.5 Å². The topological polar surface area (TPSA) is 74.1 Å². The van der Waals surface area contributed by atoms with E-state index in [0.717, 1.165) is 16.8 Å². The minimum absolute atomic E-state index is 0.0826. The summed E-state index contributed by atoms with van der Waals surface area (Å²) in [6, 6.07) is 15.3. The lowest BCUT2D eigenvalue weighted by Gasteiger charge is -2.25. The zero-order valence-electron chi connectivity index (χ0n) is 17.3. The van der Waals surface area contributed by atoms with Gasteiger partial charge in [0.25, 0.3) is 5.91 Å². The molecule has 154 valence electrons. The molecule has 2 heterocycles. The van der Waals surface area contributed by atoms with Gasteiger partial charge in [-0.2, -0.15) is 0 Å². The van der Waals surface area contributed by atoms with Crippen molar-refractivity contribution < 1.29 is 9.59 Å². The largest absolute Gasteiger partial charge is 0.351 e. The number of nitrogens with one attached hydrogen (secondary N) is 1. The summed E-state index contributed by atoms with van der Waals surface area (Å²) in [5.41, 5.74) is 3.85. The van der Waals surface area contributed by atoms with Crippen LogP contribution in [0.5, 0.6) is 0 Å². The molecule has 2 aromatic rings. The van der Waals surface area contributed by atoms with Gasteiger partial charge in [-0.05, 0) is 30.5 Å². The Hall–Kier alpha value is -2.93. The normalized spacial score (nSPS) is 17.4. The van der Waals surface area contributed by atoms with Crippen LogP contribution in [-0.2, 0) is 16.1 Å². The third kappa shape index (κ3) is 4.03. The SMILES string of the molecule is Cc1ccc(CNC(=O)CSC2=Nc3ccccc3C3=N[C@H](C(C)C)C(=O)N23)cc1. The molecule has 0 aliphatic carbocycles. The first-order valence-electron chi connectivity index (χ1n) is 9.99. The Morgan fingerprint density at radius 2 is 1.90 bits per heavy atom. The number of carbonyl (C=O) groups is 2. The predicted molar refractivity (Wildman–Crippen MR) is 121 cm³/mol. The molecule has 0 fully saturated rings. The summed E-state index contributed by atoms with van der Waals surface area (Å²) < 4.78 is 0. The first kappa shape index (κ1) is 20.3. The first-order valence-corrected chi connectivity index (χ1v) is 11.0. The lowest BCUT2D eigenvalue weighted by Crippen LogP contribution is -2.42. The van der Waals surface area contributed by atoms with Crippen LogP contribution in [-0.4, -0.2) is 39.5 Å². The molecule has 0 spiro atoms. The zero-order chi connectivity index (χ0) is 21.3. The smallest absolute Gasteiger partial charge is 0.259 e. The highest BCUT2D eigenvalue weighted by Gasteiger charge is 2.42. The molecule has 2 aliphatic heterocycles. The summed E-state index contributed by atoms with van der Waals surface area (Å²) in [6.45, 7) is 6.47. The number of fused-ring (bicyclic) bond motifs is 3. The van der Waals surface area contributed by atoms with Gasteiger partial charge in [-0.3, -0.25) is 14.6 Å². The van der Waals surface area contributed by atoms with Crippen LogP contribution in [0.2, 0.25) is 0 Å². The molecule has 2 aliphatic rings. The average molecular weight is 421 g/mol. The number of aliphatic imine (C=N–C) groups is 2. The van der Waals surface area contributed by atoms with Gasteiger partial charge in [0, 0.05) is 12.1 Å². The number of hydrogen-bond donors (Lipinski definition) is 1. The van der Waals surface area contributed by atoms with Gasteiger partial charge in [-0.15, -0.1) is 0 Å². The predicted octanol–water partition coefficient (Wildman–Crippen LogP) is 3.66. The number of aryl methyl sites for hydroxylation is 1. The average Bonchev–Trinajstić information content (AvgIpc) is 3.10. The van der Waals surface area contributed by atoms with Gasteiger partial charge < -0.3 is 5.32 Å². The van der Waals surface area contributed by atoms with Crippen molar-refractivity contribution in [1.29, 1.82) is 0 Å². The lowest BCUT2D eigenvalue weighted by molar-refractivity contribution is -0.125. The fourth-order valence-corrected chi connectivity index (χ4v) is 4.22. The second kappa shape index (κ2) is 8.44. The Kier molecular flexibility index (Phi) is 5.72. The van der Waals surface area contributed by atoms with Crippen LogP contribution in [0.15, 0.2) is 58.5 Å². The quantitative estimate of drug-likeness (QED) is 0.802. The Labute approximate surface area is 180 Å². The van der Waals surface area contributed by atoms with Gasteiger partial charge in [0.15, 0.2) is 5.17 Å². The summed E-state index contributed by atoms with van der Waals surface area (Å²) >= 11 is 1.26. The molecule has 0 saturated heterocycles. The van der Waals surface area contributed by atoms with Crippen LogP contribution in [0.4, 0.5) is 5.69 Å². The number of amides is 2. The molecule has 4 rings (SSSR count). The fraction of sp³-hybridized carbons (Fsp3) is 0.304. The highest BCUT2D eigenvalue weighted by molar-refractivity contribution is 8.14. The second-order valence-corrected chi connectivity index (χ2v) is 8.72. The molecular formula is C23H24N4O2S. The van der Waals surface area contributed by atoms with Gasteiger partial charge in [0.1, 0.15) is 11.9 Å². The molecule has 0 bridgehead atoms. The van der Waals surface area contributed by atoms with Crippen molar-refractivity contribution in [3.05, 3.63) is 65.2 Å². The van der Waals surface area contributed by atoms with Crippen molar-refractivity contribution >= 4 is 40.3 Å². The van der Waals surface area contributed by atoms with Crippen molar-refractivity contribution in [3.63, 3.8) is 0 Å². The molecule has 0 aromatic heterocycles. The summed E-state index contributed by atoms with van der Waals surface area (Å²) in [5, 5.41) is 3.43. The molecule has 6 nitrogen and oxygen atoms in total. The van der Waals surface area contributed by atoms with Crippen molar-refractivity contribution in [2.24, 2.45) is 15.9 Å². The number of hydrogen-bond acceptors (Lipinski definition) is 5.